The Morgan fingerprint density at radius 3 is 1.63 bits per heavy atom. The van der Waals surface area contributed by atoms with E-state index in [-0.39, 0.29) is 71.8 Å². The minimum atomic E-state index is -0.729. The molecule has 0 aliphatic rings. The first-order valence-corrected chi connectivity index (χ1v) is 22.8. The number of thioether (sulfide) groups is 1. The Kier molecular flexibility index (Phi) is 32.8. The summed E-state index contributed by atoms with van der Waals surface area (Å²) < 4.78 is 26.9. The van der Waals surface area contributed by atoms with Crippen LogP contribution in [-0.4, -0.2) is 125 Å². The van der Waals surface area contributed by atoms with Crippen molar-refractivity contribution in [3.63, 3.8) is 0 Å². The number of benzene rings is 1. The van der Waals surface area contributed by atoms with Gasteiger partial charge in [-0.2, -0.15) is 0 Å². The van der Waals surface area contributed by atoms with Crippen molar-refractivity contribution in [1.82, 2.24) is 26.6 Å². The number of likely N-dealkylation sites (N-methyl/N-ethyl adjacent to an activating group) is 1. The number of esters is 1. The maximum atomic E-state index is 12.6. The van der Waals surface area contributed by atoms with Gasteiger partial charge in [0, 0.05) is 53.2 Å². The monoisotopic (exact) mass is 912 g/mol. The van der Waals surface area contributed by atoms with Crippen LogP contribution in [0, 0.1) is 17.8 Å². The Bertz CT molecular complexity index is 1490. The molecule has 0 aliphatic heterocycles. The maximum absolute atomic E-state index is 12.6. The lowest BCUT2D eigenvalue weighted by molar-refractivity contribution is -0.149. The number of hydrogen-bond acceptors (Lipinski definition) is 13. The zero-order chi connectivity index (χ0) is 47.6. The molecule has 0 fully saturated rings. The summed E-state index contributed by atoms with van der Waals surface area (Å²) in [5.41, 5.74) is 1.20. The van der Waals surface area contributed by atoms with Crippen molar-refractivity contribution in [2.24, 2.45) is 17.8 Å². The highest BCUT2D eigenvalue weighted by Crippen LogP contribution is 2.16. The second kappa shape index (κ2) is 35.1. The molecule has 360 valence electrons. The van der Waals surface area contributed by atoms with Gasteiger partial charge in [0.15, 0.2) is 0 Å². The Morgan fingerprint density at radius 1 is 0.635 bits per heavy atom. The SMILES string of the molecule is CNC(=O)CCC(=O)NCCCOCCOCCOCCCNC(=O)CSC(=O)C(CC(C)C)NC(=O)OC(C)(C)C.CNC(=O)Cc1ccc(COC(=O)C(C)CC(C)C)cc1. The molecule has 0 saturated heterocycles. The minimum absolute atomic E-state index is 0.0170. The van der Waals surface area contributed by atoms with E-state index >= 15 is 0 Å². The number of alkyl carbamates (subject to hydrolysis) is 1. The summed E-state index contributed by atoms with van der Waals surface area (Å²) in [6, 6.07) is 6.82. The quantitative estimate of drug-likeness (QED) is 0.0531. The van der Waals surface area contributed by atoms with Crippen molar-refractivity contribution in [3.8, 4) is 0 Å². The van der Waals surface area contributed by atoms with E-state index < -0.39 is 17.7 Å². The van der Waals surface area contributed by atoms with E-state index in [4.69, 9.17) is 23.7 Å². The summed E-state index contributed by atoms with van der Waals surface area (Å²) in [5, 5.41) is 12.9. The Morgan fingerprint density at radius 2 is 1.13 bits per heavy atom. The van der Waals surface area contributed by atoms with Gasteiger partial charge in [-0.1, -0.05) is 70.6 Å². The van der Waals surface area contributed by atoms with Gasteiger partial charge in [0.2, 0.25) is 28.7 Å². The van der Waals surface area contributed by atoms with Gasteiger partial charge in [0.1, 0.15) is 18.2 Å². The molecule has 18 heteroatoms. The fourth-order valence-electron chi connectivity index (χ4n) is 5.34. The zero-order valence-corrected chi connectivity index (χ0v) is 40.3. The minimum Gasteiger partial charge on any atom is -0.461 e. The predicted octanol–water partition coefficient (Wildman–Crippen LogP) is 4.47. The number of hydrogen-bond donors (Lipinski definition) is 5. The van der Waals surface area contributed by atoms with E-state index in [9.17, 15) is 33.6 Å². The lowest BCUT2D eigenvalue weighted by Crippen LogP contribution is -2.43. The lowest BCUT2D eigenvalue weighted by atomic mass is 9.99. The molecular formula is C45H77N5O12S. The molecule has 1 aromatic rings. The van der Waals surface area contributed by atoms with Crippen LogP contribution in [0.4, 0.5) is 4.79 Å². The van der Waals surface area contributed by atoms with E-state index in [2.05, 4.69) is 40.4 Å². The topological polar surface area (TPSA) is 226 Å². The highest BCUT2D eigenvalue weighted by atomic mass is 32.2. The summed E-state index contributed by atoms with van der Waals surface area (Å²) >= 11 is 0.877. The van der Waals surface area contributed by atoms with Gasteiger partial charge < -0.3 is 50.3 Å². The number of ether oxygens (including phenoxy) is 5. The number of nitrogens with one attached hydrogen (secondary N) is 5. The first-order chi connectivity index (χ1) is 29.8. The molecule has 0 saturated carbocycles. The van der Waals surface area contributed by atoms with Crippen LogP contribution in [0.2, 0.25) is 0 Å². The fourth-order valence-corrected chi connectivity index (χ4v) is 6.07. The molecule has 1 rings (SSSR count). The van der Waals surface area contributed by atoms with Gasteiger partial charge in [-0.15, -0.1) is 0 Å². The van der Waals surface area contributed by atoms with Crippen LogP contribution in [0.25, 0.3) is 0 Å². The smallest absolute Gasteiger partial charge is 0.408 e. The molecule has 5 amide bonds. The van der Waals surface area contributed by atoms with Crippen LogP contribution < -0.4 is 26.6 Å². The van der Waals surface area contributed by atoms with Crippen LogP contribution in [0.15, 0.2) is 24.3 Å². The molecule has 0 bridgehead atoms. The molecule has 0 radical (unpaired) electrons. The van der Waals surface area contributed by atoms with Gasteiger partial charge >= 0.3 is 12.1 Å². The third-order valence-electron chi connectivity index (χ3n) is 8.48. The molecule has 0 aliphatic carbocycles. The van der Waals surface area contributed by atoms with Gasteiger partial charge in [-0.25, -0.2) is 4.79 Å². The molecule has 0 aromatic heterocycles. The lowest BCUT2D eigenvalue weighted by Gasteiger charge is -2.23. The average molecular weight is 912 g/mol. The Hall–Kier alpha value is -4.26. The molecule has 63 heavy (non-hydrogen) atoms. The van der Waals surface area contributed by atoms with Gasteiger partial charge in [-0.05, 0) is 69.4 Å². The number of carbonyl (C=O) groups excluding carboxylic acids is 7. The standard InChI is InChI=1S/C28H52N4O9S.C17H25NO3/c1-21(2)19-22(32-27(37)41-28(3,4)5)26(36)42-20-25(35)31-12-8-14-39-16-18-40-17-15-38-13-7-11-30-24(34)10-9-23(33)29-6;1-12(2)9-13(3)17(20)21-11-15-7-5-14(6-8-15)10-16(19)18-4/h21-22H,7-20H2,1-6H3,(H,29,33)(H,30,34)(H,31,35)(H,32,37);5-8,12-13H,9-11H2,1-4H3,(H,18,19). The van der Waals surface area contributed by atoms with E-state index in [1.165, 1.54) is 7.05 Å². The molecular weight excluding hydrogens is 835 g/mol. The molecule has 0 heterocycles. The predicted molar refractivity (Wildman–Crippen MR) is 244 cm³/mol. The van der Waals surface area contributed by atoms with Crippen LogP contribution in [0.1, 0.15) is 105 Å². The van der Waals surface area contributed by atoms with Gasteiger partial charge in [0.25, 0.3) is 0 Å². The molecule has 1 aromatic carbocycles. The molecule has 2 unspecified atom stereocenters. The molecule has 0 spiro atoms. The summed E-state index contributed by atoms with van der Waals surface area (Å²) in [6.07, 6.45) is 2.63. The van der Waals surface area contributed by atoms with E-state index in [0.717, 1.165) is 29.3 Å². The van der Waals surface area contributed by atoms with Crippen LogP contribution >= 0.6 is 11.8 Å². The van der Waals surface area contributed by atoms with Crippen molar-refractivity contribution < 1.29 is 57.2 Å². The summed E-state index contributed by atoms with van der Waals surface area (Å²) in [7, 11) is 3.16. The highest BCUT2D eigenvalue weighted by molar-refractivity contribution is 8.14. The normalized spacial score (nSPS) is 12.0. The summed E-state index contributed by atoms with van der Waals surface area (Å²) in [4.78, 5) is 82.5. The fraction of sp³-hybridized carbons (Fsp3) is 0.711. The Labute approximate surface area is 379 Å². The number of carbonyl (C=O) groups is 7. The van der Waals surface area contributed by atoms with Crippen LogP contribution in [0.3, 0.4) is 0 Å². The molecule has 17 nitrogen and oxygen atoms in total. The highest BCUT2D eigenvalue weighted by Gasteiger charge is 2.26. The molecule has 5 N–H and O–H groups in total. The third-order valence-corrected chi connectivity index (χ3v) is 9.46. The Balaban J connectivity index is 0.00000152. The van der Waals surface area contributed by atoms with Crippen molar-refractivity contribution in [1.29, 1.82) is 0 Å². The number of amides is 5. The van der Waals surface area contributed by atoms with Crippen molar-refractivity contribution in [3.05, 3.63) is 35.4 Å². The van der Waals surface area contributed by atoms with Crippen molar-refractivity contribution in [2.45, 2.75) is 119 Å². The van der Waals surface area contributed by atoms with Crippen LogP contribution in [0.5, 0.6) is 0 Å². The van der Waals surface area contributed by atoms with E-state index in [1.807, 2.05) is 45.0 Å². The third kappa shape index (κ3) is 34.9. The van der Waals surface area contributed by atoms with Gasteiger partial charge in [0.05, 0.1) is 44.5 Å². The summed E-state index contributed by atoms with van der Waals surface area (Å²) in [5.74, 6) is -0.199. The van der Waals surface area contributed by atoms with Crippen molar-refractivity contribution >= 4 is 52.6 Å². The summed E-state index contributed by atoms with van der Waals surface area (Å²) in [6.45, 7) is 19.1. The average Bonchev–Trinajstić information content (AvgIpc) is 3.21. The van der Waals surface area contributed by atoms with Crippen molar-refractivity contribution in [2.75, 3.05) is 72.6 Å². The van der Waals surface area contributed by atoms with Gasteiger partial charge in [-0.3, -0.25) is 28.8 Å². The maximum Gasteiger partial charge on any atom is 0.408 e. The second-order valence-corrected chi connectivity index (χ2v) is 17.6. The first kappa shape index (κ1) is 58.7. The zero-order valence-electron chi connectivity index (χ0n) is 39.4. The second-order valence-electron chi connectivity index (χ2n) is 16.7. The largest absolute Gasteiger partial charge is 0.461 e. The first-order valence-electron chi connectivity index (χ1n) is 21.8. The number of rotatable bonds is 30. The van der Waals surface area contributed by atoms with E-state index in [0.29, 0.717) is 84.3 Å². The van der Waals surface area contributed by atoms with E-state index in [1.54, 1.807) is 27.8 Å². The molecule has 2 atom stereocenters. The van der Waals surface area contributed by atoms with Crippen LogP contribution in [-0.2, 0) is 65.5 Å².